The molecule has 1 aliphatic heterocycles. The third-order valence-corrected chi connectivity index (χ3v) is 7.92. The highest BCUT2D eigenvalue weighted by atomic mass is 32.2. The van der Waals surface area contributed by atoms with Crippen molar-refractivity contribution in [3.05, 3.63) is 40.2 Å². The normalized spacial score (nSPS) is 14.7. The summed E-state index contributed by atoms with van der Waals surface area (Å²) in [6, 6.07) is 6.72. The zero-order valence-electron chi connectivity index (χ0n) is 19.8. The van der Waals surface area contributed by atoms with E-state index in [2.05, 4.69) is 27.1 Å². The van der Waals surface area contributed by atoms with Gasteiger partial charge in [0.1, 0.15) is 4.70 Å². The number of thiazole rings is 1. The molecule has 3 aromatic rings. The summed E-state index contributed by atoms with van der Waals surface area (Å²) >= 11 is 2.62. The number of hydrogen-bond donors (Lipinski definition) is 1. The second-order valence-electron chi connectivity index (χ2n) is 8.96. The molecule has 10 heteroatoms. The Kier molecular flexibility index (Phi) is 7.37. The molecule has 3 heterocycles. The number of fused-ring (bicyclic) bond motifs is 1. The molecule has 0 unspecified atom stereocenters. The van der Waals surface area contributed by atoms with Gasteiger partial charge >= 0.3 is 0 Å². The molecule has 1 saturated heterocycles. The van der Waals surface area contributed by atoms with Crippen molar-refractivity contribution >= 4 is 56.0 Å². The van der Waals surface area contributed by atoms with Crippen molar-refractivity contribution in [1.29, 1.82) is 0 Å². The monoisotopic (exact) mass is 499 g/mol. The first-order valence-electron chi connectivity index (χ1n) is 11.4. The van der Waals surface area contributed by atoms with Gasteiger partial charge in [0.05, 0.1) is 5.75 Å². The first-order chi connectivity index (χ1) is 16.2. The topological polar surface area (TPSA) is 97.2 Å². The molecule has 1 fully saturated rings. The third kappa shape index (κ3) is 5.33. The fourth-order valence-corrected chi connectivity index (χ4v) is 5.80. The van der Waals surface area contributed by atoms with Crippen LogP contribution in [0, 0.1) is 5.92 Å². The summed E-state index contributed by atoms with van der Waals surface area (Å²) in [6.07, 6.45) is 2.23. The van der Waals surface area contributed by atoms with E-state index in [1.54, 1.807) is 28.8 Å². The van der Waals surface area contributed by atoms with E-state index in [9.17, 15) is 14.4 Å². The molecule has 0 saturated carbocycles. The number of ketones is 1. The van der Waals surface area contributed by atoms with E-state index in [-0.39, 0.29) is 29.0 Å². The molecule has 0 atom stereocenters. The number of anilines is 2. The molecular weight excluding hydrogens is 470 g/mol. The minimum absolute atomic E-state index is 0.0642. The second-order valence-corrected chi connectivity index (χ2v) is 10.9. The number of thioether (sulfide) groups is 1. The van der Waals surface area contributed by atoms with E-state index in [4.69, 9.17) is 0 Å². The first kappa shape index (κ1) is 24.4. The molecule has 180 valence electrons. The molecule has 0 radical (unpaired) electrons. The third-order valence-electron chi connectivity index (χ3n) is 5.87. The summed E-state index contributed by atoms with van der Waals surface area (Å²) in [5, 5.41) is 4.13. The van der Waals surface area contributed by atoms with E-state index in [1.807, 2.05) is 13.8 Å². The number of piperidine rings is 1. The van der Waals surface area contributed by atoms with Gasteiger partial charge < -0.3 is 10.2 Å². The minimum Gasteiger partial charge on any atom is -0.348 e. The summed E-state index contributed by atoms with van der Waals surface area (Å²) in [6.45, 7) is 9.48. The molecule has 0 aliphatic carbocycles. The predicted octanol–water partition coefficient (Wildman–Crippen LogP) is 4.60. The van der Waals surface area contributed by atoms with Gasteiger partial charge in [0.2, 0.25) is 5.91 Å². The van der Waals surface area contributed by atoms with Gasteiger partial charge in [-0.05, 0) is 51.7 Å². The summed E-state index contributed by atoms with van der Waals surface area (Å²) in [5.41, 5.74) is 1.42. The molecule has 1 aromatic carbocycles. The van der Waals surface area contributed by atoms with Crippen LogP contribution in [0.3, 0.4) is 0 Å². The average Bonchev–Trinajstić information content (AvgIpc) is 3.22. The van der Waals surface area contributed by atoms with Crippen LogP contribution in [0.25, 0.3) is 10.3 Å². The van der Waals surface area contributed by atoms with Crippen LogP contribution >= 0.6 is 23.1 Å². The Morgan fingerprint density at radius 3 is 2.65 bits per heavy atom. The fourth-order valence-electron chi connectivity index (χ4n) is 3.89. The number of nitrogens with zero attached hydrogens (tertiary/aromatic N) is 4. The number of rotatable bonds is 7. The maximum atomic E-state index is 13.3. The molecule has 1 aliphatic rings. The van der Waals surface area contributed by atoms with Crippen LogP contribution in [0.4, 0.5) is 10.8 Å². The number of aromatic nitrogens is 3. The Labute approximate surface area is 206 Å². The molecule has 1 amide bonds. The van der Waals surface area contributed by atoms with E-state index in [1.165, 1.54) is 30.0 Å². The van der Waals surface area contributed by atoms with Crippen molar-refractivity contribution in [2.75, 3.05) is 29.1 Å². The Hall–Kier alpha value is -2.72. The summed E-state index contributed by atoms with van der Waals surface area (Å²) in [4.78, 5) is 49.1. The van der Waals surface area contributed by atoms with Gasteiger partial charge in [-0.25, -0.2) is 4.98 Å². The van der Waals surface area contributed by atoms with Gasteiger partial charge in [-0.2, -0.15) is 4.98 Å². The van der Waals surface area contributed by atoms with Crippen molar-refractivity contribution in [1.82, 2.24) is 14.5 Å². The summed E-state index contributed by atoms with van der Waals surface area (Å²) in [5.74, 6) is 0.485. The number of carbonyl (C=O) groups is 2. The van der Waals surface area contributed by atoms with Gasteiger partial charge in [-0.3, -0.25) is 19.0 Å². The average molecular weight is 500 g/mol. The van der Waals surface area contributed by atoms with Crippen LogP contribution in [-0.4, -0.2) is 45.1 Å². The van der Waals surface area contributed by atoms with E-state index in [0.717, 1.165) is 31.1 Å². The van der Waals surface area contributed by atoms with Gasteiger partial charge in [0, 0.05) is 30.4 Å². The second kappa shape index (κ2) is 10.3. The van der Waals surface area contributed by atoms with Crippen LogP contribution in [0.15, 0.2) is 34.2 Å². The van der Waals surface area contributed by atoms with Crippen molar-refractivity contribution in [3.63, 3.8) is 0 Å². The van der Waals surface area contributed by atoms with E-state index < -0.39 is 0 Å². The molecule has 4 rings (SSSR count). The van der Waals surface area contributed by atoms with Crippen LogP contribution in [0.1, 0.15) is 56.9 Å². The highest BCUT2D eigenvalue weighted by Gasteiger charge is 2.23. The Morgan fingerprint density at radius 2 is 1.97 bits per heavy atom. The number of Topliss-reactive ketones (excluding diaryl/α,β-unsaturated/α-hetero) is 1. The predicted molar refractivity (Wildman–Crippen MR) is 138 cm³/mol. The molecule has 1 N–H and O–H groups in total. The molecule has 2 aromatic heterocycles. The van der Waals surface area contributed by atoms with Gasteiger partial charge in [0.25, 0.3) is 5.56 Å². The van der Waals surface area contributed by atoms with E-state index >= 15 is 0 Å². The van der Waals surface area contributed by atoms with Gasteiger partial charge in [0.15, 0.2) is 21.7 Å². The molecule has 0 bridgehead atoms. The quantitative estimate of drug-likeness (QED) is 0.288. The van der Waals surface area contributed by atoms with Crippen LogP contribution < -0.4 is 15.8 Å². The Balaban J connectivity index is 1.54. The lowest BCUT2D eigenvalue weighted by molar-refractivity contribution is -0.113. The lowest BCUT2D eigenvalue weighted by atomic mass is 10.00. The minimum atomic E-state index is -0.239. The van der Waals surface area contributed by atoms with Gasteiger partial charge in [-0.15, -0.1) is 0 Å². The fraction of sp³-hybridized carbons (Fsp3) is 0.458. The number of nitrogens with one attached hydrogen (secondary N) is 1. The lowest BCUT2D eigenvalue weighted by Gasteiger charge is -2.29. The van der Waals surface area contributed by atoms with Crippen LogP contribution in [0.2, 0.25) is 0 Å². The number of benzene rings is 1. The lowest BCUT2D eigenvalue weighted by Crippen LogP contribution is -2.32. The Morgan fingerprint density at radius 1 is 1.24 bits per heavy atom. The molecule has 8 nitrogen and oxygen atoms in total. The number of hydrogen-bond acceptors (Lipinski definition) is 8. The standard InChI is InChI=1S/C24H29N5O3S2/c1-14(2)29-22(32)20-21(26-23(34-20)28-10-8-15(3)9-11-28)27-24(29)33-13-19(31)25-18-7-5-6-17(12-18)16(4)30/h5-7,12,14-15H,8-11,13H2,1-4H3,(H,25,31). The maximum Gasteiger partial charge on any atom is 0.274 e. The van der Waals surface area contributed by atoms with Crippen molar-refractivity contribution in [2.24, 2.45) is 5.92 Å². The first-order valence-corrected chi connectivity index (χ1v) is 13.2. The van der Waals surface area contributed by atoms with Crippen molar-refractivity contribution < 1.29 is 9.59 Å². The number of amides is 1. The van der Waals surface area contributed by atoms with E-state index in [0.29, 0.717) is 32.7 Å². The highest BCUT2D eigenvalue weighted by Crippen LogP contribution is 2.31. The van der Waals surface area contributed by atoms with Crippen molar-refractivity contribution in [2.45, 2.75) is 51.7 Å². The van der Waals surface area contributed by atoms with Crippen LogP contribution in [-0.2, 0) is 4.79 Å². The largest absolute Gasteiger partial charge is 0.348 e. The molecule has 34 heavy (non-hydrogen) atoms. The van der Waals surface area contributed by atoms with Gasteiger partial charge in [-0.1, -0.05) is 42.2 Å². The Bertz CT molecular complexity index is 1280. The zero-order valence-corrected chi connectivity index (χ0v) is 21.5. The molecular formula is C24H29N5O3S2. The molecule has 0 spiro atoms. The number of carbonyl (C=O) groups excluding carboxylic acids is 2. The van der Waals surface area contributed by atoms with Crippen LogP contribution in [0.5, 0.6) is 0 Å². The zero-order chi connectivity index (χ0) is 24.4. The summed E-state index contributed by atoms with van der Waals surface area (Å²) < 4.78 is 2.19. The highest BCUT2D eigenvalue weighted by molar-refractivity contribution is 7.99. The van der Waals surface area contributed by atoms with Crippen molar-refractivity contribution in [3.8, 4) is 0 Å². The summed E-state index contributed by atoms with van der Waals surface area (Å²) in [7, 11) is 0. The smallest absolute Gasteiger partial charge is 0.274 e. The maximum absolute atomic E-state index is 13.3. The SMILES string of the molecule is CC(=O)c1cccc(NC(=O)CSc2nc3nc(N4CCC(C)CC4)sc3c(=O)n2C(C)C)c1.